The van der Waals surface area contributed by atoms with Gasteiger partial charge in [0.05, 0.1) is 34.0 Å². The highest BCUT2D eigenvalue weighted by atomic mass is 33.5. The molecule has 32 heavy (non-hydrogen) atoms. The second kappa shape index (κ2) is 11.7. The minimum Gasteiger partial charge on any atom is -0.497 e. The molecule has 0 spiro atoms. The van der Waals surface area contributed by atoms with Crippen LogP contribution in [-0.4, -0.2) is 40.0 Å². The van der Waals surface area contributed by atoms with E-state index in [1.807, 2.05) is 48.5 Å². The van der Waals surface area contributed by atoms with Gasteiger partial charge in [0.25, 0.3) is 0 Å². The van der Waals surface area contributed by atoms with Gasteiger partial charge in [0.15, 0.2) is 10.9 Å². The zero-order chi connectivity index (χ0) is 23.2. The summed E-state index contributed by atoms with van der Waals surface area (Å²) in [7, 11) is 6.09. The fraction of sp³-hybridized carbons (Fsp3) is 0.350. The molecule has 0 unspecified atom stereocenters. The van der Waals surface area contributed by atoms with Gasteiger partial charge in [0, 0.05) is 10.6 Å². The lowest BCUT2D eigenvalue weighted by atomic mass is 10.2. The molecule has 1 fully saturated rings. The maximum absolute atomic E-state index is 12.6. The van der Waals surface area contributed by atoms with Crippen LogP contribution < -0.4 is 20.1 Å². The molecule has 2 aromatic carbocycles. The van der Waals surface area contributed by atoms with E-state index in [4.69, 9.17) is 46.9 Å². The Morgan fingerprint density at radius 1 is 0.906 bits per heavy atom. The van der Waals surface area contributed by atoms with Gasteiger partial charge in [-0.15, -0.1) is 0 Å². The zero-order valence-electron chi connectivity index (χ0n) is 17.8. The SMILES string of the molecule is CCOC(=O)C1CO[P@@](=S)(c2ccc(OC)cc2)SS[P@](=S)(c2ccc(OC)cc2)OC1. The number of esters is 1. The van der Waals surface area contributed by atoms with Crippen molar-refractivity contribution in [3.63, 3.8) is 0 Å². The van der Waals surface area contributed by atoms with Gasteiger partial charge >= 0.3 is 5.97 Å². The predicted octanol–water partition coefficient (Wildman–Crippen LogP) is 4.88. The molecule has 12 heteroatoms. The van der Waals surface area contributed by atoms with E-state index in [-0.39, 0.29) is 25.8 Å². The number of carbonyl (C=O) groups excluding carboxylic acids is 1. The Bertz CT molecular complexity index is 942. The molecule has 174 valence electrons. The van der Waals surface area contributed by atoms with Gasteiger partial charge in [-0.25, -0.2) is 0 Å². The first-order valence-electron chi connectivity index (χ1n) is 9.66. The summed E-state index contributed by atoms with van der Waals surface area (Å²) in [6.45, 7) is 2.25. The Labute approximate surface area is 206 Å². The van der Waals surface area contributed by atoms with Crippen molar-refractivity contribution >= 4 is 72.0 Å². The number of ether oxygens (including phenoxy) is 3. The van der Waals surface area contributed by atoms with Crippen LogP contribution in [0.4, 0.5) is 0 Å². The van der Waals surface area contributed by atoms with Crippen LogP contribution in [0.3, 0.4) is 0 Å². The average Bonchev–Trinajstić information content (AvgIpc) is 2.89. The molecular formula is C20H24O6P2S4. The smallest absolute Gasteiger partial charge is 0.313 e. The van der Waals surface area contributed by atoms with E-state index in [0.717, 1.165) is 22.1 Å². The minimum atomic E-state index is -2.60. The lowest BCUT2D eigenvalue weighted by molar-refractivity contribution is -0.150. The predicted molar refractivity (Wildman–Crippen MR) is 141 cm³/mol. The molecule has 0 aromatic heterocycles. The summed E-state index contributed by atoms with van der Waals surface area (Å²) in [5.41, 5.74) is -5.20. The highest BCUT2D eigenvalue weighted by molar-refractivity contribution is 9.19. The number of benzene rings is 2. The van der Waals surface area contributed by atoms with Crippen molar-refractivity contribution in [3.05, 3.63) is 48.5 Å². The summed E-state index contributed by atoms with van der Waals surface area (Å²) in [4.78, 5) is 12.6. The minimum absolute atomic E-state index is 0.105. The molecule has 3 rings (SSSR count). The quantitative estimate of drug-likeness (QED) is 0.283. The first kappa shape index (κ1) is 26.0. The molecule has 2 aromatic rings. The van der Waals surface area contributed by atoms with Crippen molar-refractivity contribution in [1.29, 1.82) is 0 Å². The van der Waals surface area contributed by atoms with E-state index in [0.29, 0.717) is 0 Å². The molecule has 0 N–H and O–H groups in total. The van der Waals surface area contributed by atoms with E-state index < -0.39 is 16.9 Å². The normalized spacial score (nSPS) is 26.3. The lowest BCUT2D eigenvalue weighted by Gasteiger charge is -2.24. The molecule has 2 atom stereocenters. The summed E-state index contributed by atoms with van der Waals surface area (Å²) >= 11 is 12.1. The molecule has 6 nitrogen and oxygen atoms in total. The van der Waals surface area contributed by atoms with Crippen LogP contribution in [0.2, 0.25) is 0 Å². The first-order valence-corrected chi connectivity index (χ1v) is 18.5. The Kier molecular flexibility index (Phi) is 9.53. The third kappa shape index (κ3) is 6.30. The van der Waals surface area contributed by atoms with Crippen molar-refractivity contribution in [3.8, 4) is 11.5 Å². The van der Waals surface area contributed by atoms with Crippen LogP contribution >= 0.6 is 31.8 Å². The van der Waals surface area contributed by atoms with Gasteiger partial charge in [-0.05, 0) is 99.9 Å². The summed E-state index contributed by atoms with van der Waals surface area (Å²) in [6, 6.07) is 15.0. The fourth-order valence-electron chi connectivity index (χ4n) is 2.72. The van der Waals surface area contributed by atoms with E-state index in [1.54, 1.807) is 21.1 Å². The van der Waals surface area contributed by atoms with E-state index in [1.165, 1.54) is 20.8 Å². The molecule has 1 aliphatic rings. The van der Waals surface area contributed by atoms with E-state index in [2.05, 4.69) is 0 Å². The van der Waals surface area contributed by atoms with Gasteiger partial charge in [-0.2, -0.15) is 0 Å². The monoisotopic (exact) mass is 550 g/mol. The van der Waals surface area contributed by atoms with Crippen LogP contribution in [0, 0.1) is 5.92 Å². The van der Waals surface area contributed by atoms with Crippen LogP contribution in [0.1, 0.15) is 6.92 Å². The molecule has 0 radical (unpaired) electrons. The third-order valence-electron chi connectivity index (χ3n) is 4.52. The number of hydrogen-bond acceptors (Lipinski definition) is 10. The Hall–Kier alpha value is -0.570. The second-order valence-electron chi connectivity index (χ2n) is 6.58. The second-order valence-corrected chi connectivity index (χ2v) is 21.6. The van der Waals surface area contributed by atoms with Gasteiger partial charge in [-0.1, -0.05) is 0 Å². The van der Waals surface area contributed by atoms with E-state index in [9.17, 15) is 4.79 Å². The summed E-state index contributed by atoms with van der Waals surface area (Å²) in [5, 5.41) is 1.73. The van der Waals surface area contributed by atoms with Gasteiger partial charge in [0.1, 0.15) is 17.4 Å². The Morgan fingerprint density at radius 3 is 1.66 bits per heavy atom. The van der Waals surface area contributed by atoms with Gasteiger partial charge in [-0.3, -0.25) is 4.79 Å². The standard InChI is InChI=1S/C20H24O6P2S4/c1-4-24-20(21)15-13-25-27(29,18-9-5-16(22-2)6-10-18)31-32-28(30,26-14-15)19-11-7-17(23-3)8-12-19/h5-12,15H,4,13-14H2,1-3H3/t27-,28-/m1/s1. The first-order chi connectivity index (χ1) is 15.3. The maximum atomic E-state index is 12.6. The van der Waals surface area contributed by atoms with Crippen molar-refractivity contribution < 1.29 is 28.1 Å². The topological polar surface area (TPSA) is 63.2 Å². The van der Waals surface area contributed by atoms with Crippen molar-refractivity contribution in [2.45, 2.75) is 6.92 Å². The Balaban J connectivity index is 1.97. The summed E-state index contributed by atoms with van der Waals surface area (Å²) < 4.78 is 28.3. The number of rotatable bonds is 6. The molecule has 0 saturated carbocycles. The fourth-order valence-corrected chi connectivity index (χ4v) is 21.8. The van der Waals surface area contributed by atoms with Gasteiger partial charge in [0.2, 0.25) is 0 Å². The largest absolute Gasteiger partial charge is 0.497 e. The van der Waals surface area contributed by atoms with Crippen molar-refractivity contribution in [2.24, 2.45) is 5.92 Å². The Morgan fingerprint density at radius 2 is 1.31 bits per heavy atom. The van der Waals surface area contributed by atoms with Crippen LogP contribution in [-0.2, 0) is 42.2 Å². The molecule has 0 amide bonds. The van der Waals surface area contributed by atoms with Crippen LogP contribution in [0.25, 0.3) is 0 Å². The van der Waals surface area contributed by atoms with Crippen LogP contribution in [0.5, 0.6) is 11.5 Å². The highest BCUT2D eigenvalue weighted by Gasteiger charge is 2.35. The van der Waals surface area contributed by atoms with Gasteiger partial charge < -0.3 is 23.3 Å². The molecule has 1 heterocycles. The third-order valence-corrected chi connectivity index (χ3v) is 22.2. The molecule has 0 aliphatic carbocycles. The van der Waals surface area contributed by atoms with Crippen molar-refractivity contribution in [1.82, 2.24) is 0 Å². The number of carbonyl (C=O) groups is 1. The van der Waals surface area contributed by atoms with E-state index >= 15 is 0 Å². The maximum Gasteiger partial charge on any atom is 0.313 e. The average molecular weight is 551 g/mol. The molecule has 1 aliphatic heterocycles. The number of hydrogen-bond donors (Lipinski definition) is 0. The molecule has 1 saturated heterocycles. The molecular weight excluding hydrogens is 526 g/mol. The lowest BCUT2D eigenvalue weighted by Crippen LogP contribution is -2.27. The number of methoxy groups -OCH3 is 2. The van der Waals surface area contributed by atoms with Crippen LogP contribution in [0.15, 0.2) is 48.5 Å². The summed E-state index contributed by atoms with van der Waals surface area (Å²) in [5.74, 6) is 0.467. The summed E-state index contributed by atoms with van der Waals surface area (Å²) in [6.07, 6.45) is 0. The zero-order valence-corrected chi connectivity index (χ0v) is 22.8. The van der Waals surface area contributed by atoms with Crippen molar-refractivity contribution in [2.75, 3.05) is 34.0 Å². The highest BCUT2D eigenvalue weighted by Crippen LogP contribution is 2.76. The molecule has 0 bridgehead atoms.